The molecule has 0 spiro atoms. The molecular weight excluding hydrogens is 286 g/mol. The van der Waals surface area contributed by atoms with Gasteiger partial charge in [-0.05, 0) is 49.1 Å². The summed E-state index contributed by atoms with van der Waals surface area (Å²) in [5, 5.41) is 3.24. The van der Waals surface area contributed by atoms with E-state index in [0.717, 1.165) is 36.2 Å². The largest absolute Gasteiger partial charge is 0.385 e. The maximum absolute atomic E-state index is 12.4. The van der Waals surface area contributed by atoms with Crippen LogP contribution in [0.1, 0.15) is 17.5 Å². The molecule has 0 bridgehead atoms. The number of benzene rings is 1. The van der Waals surface area contributed by atoms with Crippen LogP contribution >= 0.6 is 0 Å². The smallest absolute Gasteiger partial charge is 0.262 e. The van der Waals surface area contributed by atoms with Gasteiger partial charge < -0.3 is 5.32 Å². The molecule has 6 heteroatoms. The van der Waals surface area contributed by atoms with Crippen molar-refractivity contribution in [1.82, 2.24) is 4.98 Å². The van der Waals surface area contributed by atoms with Crippen molar-refractivity contribution in [3.05, 3.63) is 47.8 Å². The van der Waals surface area contributed by atoms with Crippen LogP contribution in [-0.4, -0.2) is 19.9 Å². The molecule has 1 aliphatic heterocycles. The maximum Gasteiger partial charge on any atom is 0.262 e. The van der Waals surface area contributed by atoms with Crippen molar-refractivity contribution in [2.45, 2.75) is 24.7 Å². The van der Waals surface area contributed by atoms with Gasteiger partial charge >= 0.3 is 0 Å². The summed E-state index contributed by atoms with van der Waals surface area (Å²) < 4.78 is 27.4. The highest BCUT2D eigenvalue weighted by Gasteiger charge is 2.17. The summed E-state index contributed by atoms with van der Waals surface area (Å²) in [5.41, 5.74) is 3.45. The molecule has 0 radical (unpaired) electrons. The van der Waals surface area contributed by atoms with E-state index in [9.17, 15) is 8.42 Å². The average Bonchev–Trinajstić information content (AvgIpc) is 2.46. The number of fused-ring (bicyclic) bond motifs is 1. The van der Waals surface area contributed by atoms with Crippen molar-refractivity contribution in [2.75, 3.05) is 16.6 Å². The highest BCUT2D eigenvalue weighted by molar-refractivity contribution is 7.92. The van der Waals surface area contributed by atoms with E-state index < -0.39 is 10.0 Å². The summed E-state index contributed by atoms with van der Waals surface area (Å²) in [6.45, 7) is 2.75. The number of rotatable bonds is 3. The molecular formula is C15H17N3O2S. The van der Waals surface area contributed by atoms with Crippen molar-refractivity contribution in [1.29, 1.82) is 0 Å². The zero-order valence-corrected chi connectivity index (χ0v) is 12.6. The summed E-state index contributed by atoms with van der Waals surface area (Å²) in [4.78, 5) is 4.25. The van der Waals surface area contributed by atoms with E-state index in [1.54, 1.807) is 24.4 Å². The van der Waals surface area contributed by atoms with Gasteiger partial charge in [0.15, 0.2) is 0 Å². The SMILES string of the molecule is Cc1cncc(NS(=O)(=O)c2ccc3c(c2)NCCC3)c1. The second-order valence-electron chi connectivity index (χ2n) is 5.21. The van der Waals surface area contributed by atoms with Crippen molar-refractivity contribution in [2.24, 2.45) is 0 Å². The second-order valence-corrected chi connectivity index (χ2v) is 6.89. The first-order valence-corrected chi connectivity index (χ1v) is 8.34. The molecule has 2 heterocycles. The number of nitrogens with one attached hydrogen (secondary N) is 2. The van der Waals surface area contributed by atoms with E-state index >= 15 is 0 Å². The molecule has 3 rings (SSSR count). The normalized spacial score (nSPS) is 14.1. The Balaban J connectivity index is 1.91. The monoisotopic (exact) mass is 303 g/mol. The molecule has 110 valence electrons. The van der Waals surface area contributed by atoms with E-state index in [-0.39, 0.29) is 4.90 Å². The summed E-state index contributed by atoms with van der Waals surface area (Å²) in [7, 11) is -3.59. The molecule has 5 nitrogen and oxygen atoms in total. The number of hydrogen-bond donors (Lipinski definition) is 2. The van der Waals surface area contributed by atoms with Crippen molar-refractivity contribution < 1.29 is 8.42 Å². The first kappa shape index (κ1) is 13.9. The van der Waals surface area contributed by atoms with Crippen LogP contribution in [0.3, 0.4) is 0 Å². The third-order valence-corrected chi connectivity index (χ3v) is 4.84. The van der Waals surface area contributed by atoms with Crippen LogP contribution in [0.5, 0.6) is 0 Å². The van der Waals surface area contributed by atoms with Crippen molar-refractivity contribution >= 4 is 21.4 Å². The molecule has 2 N–H and O–H groups in total. The Morgan fingerprint density at radius 3 is 2.90 bits per heavy atom. The number of sulfonamides is 1. The van der Waals surface area contributed by atoms with Gasteiger partial charge in [-0.3, -0.25) is 9.71 Å². The predicted molar refractivity (Wildman–Crippen MR) is 83.0 cm³/mol. The lowest BCUT2D eigenvalue weighted by Gasteiger charge is -2.19. The van der Waals surface area contributed by atoms with Crippen LogP contribution in [0.15, 0.2) is 41.6 Å². The molecule has 1 aromatic carbocycles. The minimum Gasteiger partial charge on any atom is -0.385 e. The van der Waals surface area contributed by atoms with Crippen LogP contribution in [0.25, 0.3) is 0 Å². The maximum atomic E-state index is 12.4. The molecule has 0 amide bonds. The second kappa shape index (κ2) is 5.37. The highest BCUT2D eigenvalue weighted by Crippen LogP contribution is 2.26. The van der Waals surface area contributed by atoms with E-state index in [1.165, 1.54) is 6.20 Å². The summed E-state index contributed by atoms with van der Waals surface area (Å²) in [5.74, 6) is 0. The fraction of sp³-hybridized carbons (Fsp3) is 0.267. The van der Waals surface area contributed by atoms with Gasteiger partial charge in [-0.15, -0.1) is 0 Å². The highest BCUT2D eigenvalue weighted by atomic mass is 32.2. The third-order valence-electron chi connectivity index (χ3n) is 3.46. The zero-order chi connectivity index (χ0) is 14.9. The molecule has 0 saturated heterocycles. The quantitative estimate of drug-likeness (QED) is 0.914. The number of aromatic nitrogens is 1. The van der Waals surface area contributed by atoms with E-state index in [1.807, 2.05) is 13.0 Å². The van der Waals surface area contributed by atoms with Crippen LogP contribution in [0.2, 0.25) is 0 Å². The molecule has 0 unspecified atom stereocenters. The molecule has 1 aromatic heterocycles. The molecule has 0 aliphatic carbocycles. The van der Waals surface area contributed by atoms with Gasteiger partial charge in [-0.2, -0.15) is 0 Å². The molecule has 2 aromatic rings. The number of pyridine rings is 1. The van der Waals surface area contributed by atoms with Gasteiger partial charge in [-0.1, -0.05) is 6.07 Å². The first-order valence-electron chi connectivity index (χ1n) is 6.86. The van der Waals surface area contributed by atoms with Crippen LogP contribution in [0.4, 0.5) is 11.4 Å². The third kappa shape index (κ3) is 3.00. The van der Waals surface area contributed by atoms with E-state index in [0.29, 0.717) is 5.69 Å². The van der Waals surface area contributed by atoms with Crippen molar-refractivity contribution in [3.8, 4) is 0 Å². The topological polar surface area (TPSA) is 71.1 Å². The van der Waals surface area contributed by atoms with Crippen LogP contribution in [-0.2, 0) is 16.4 Å². The lowest BCUT2D eigenvalue weighted by molar-refractivity contribution is 0.601. The molecule has 21 heavy (non-hydrogen) atoms. The van der Waals surface area contributed by atoms with Crippen molar-refractivity contribution in [3.63, 3.8) is 0 Å². The predicted octanol–water partition coefficient (Wildman–Crippen LogP) is 2.55. The summed E-state index contributed by atoms with van der Waals surface area (Å²) in [6.07, 6.45) is 5.24. The van der Waals surface area contributed by atoms with E-state index in [2.05, 4.69) is 15.0 Å². The van der Waals surface area contributed by atoms with Gasteiger partial charge in [0, 0.05) is 18.4 Å². The average molecular weight is 303 g/mol. The molecule has 0 atom stereocenters. The van der Waals surface area contributed by atoms with Gasteiger partial charge in [0.25, 0.3) is 10.0 Å². The summed E-state index contributed by atoms with van der Waals surface area (Å²) in [6, 6.07) is 6.98. The Hall–Kier alpha value is -2.08. The Morgan fingerprint density at radius 2 is 2.10 bits per heavy atom. The van der Waals surface area contributed by atoms with Crippen LogP contribution < -0.4 is 10.0 Å². The fourth-order valence-electron chi connectivity index (χ4n) is 2.43. The van der Waals surface area contributed by atoms with Gasteiger partial charge in [0.05, 0.1) is 16.8 Å². The molecule has 0 fully saturated rings. The minimum atomic E-state index is -3.59. The number of aryl methyl sites for hydroxylation is 2. The lowest BCUT2D eigenvalue weighted by atomic mass is 10.0. The Bertz CT molecular complexity index is 772. The summed E-state index contributed by atoms with van der Waals surface area (Å²) >= 11 is 0. The van der Waals surface area contributed by atoms with Gasteiger partial charge in [0.1, 0.15) is 0 Å². The fourth-order valence-corrected chi connectivity index (χ4v) is 3.49. The Kier molecular flexibility index (Phi) is 3.55. The minimum absolute atomic E-state index is 0.261. The van der Waals surface area contributed by atoms with E-state index in [4.69, 9.17) is 0 Å². The Labute approximate surface area is 124 Å². The lowest BCUT2D eigenvalue weighted by Crippen LogP contribution is -2.16. The number of anilines is 2. The molecule has 0 saturated carbocycles. The standard InChI is InChI=1S/C15H17N3O2S/c1-11-7-13(10-16-9-11)18-21(19,20)14-5-4-12-3-2-6-17-15(12)8-14/h4-5,7-10,17-18H,2-3,6H2,1H3. The van der Waals surface area contributed by atoms with Gasteiger partial charge in [0.2, 0.25) is 0 Å². The van der Waals surface area contributed by atoms with Gasteiger partial charge in [-0.25, -0.2) is 8.42 Å². The Morgan fingerprint density at radius 1 is 1.24 bits per heavy atom. The zero-order valence-electron chi connectivity index (χ0n) is 11.8. The van der Waals surface area contributed by atoms with Crippen LogP contribution in [0, 0.1) is 6.92 Å². The first-order chi connectivity index (χ1) is 10.0. The number of hydrogen-bond acceptors (Lipinski definition) is 4. The number of nitrogens with zero attached hydrogens (tertiary/aromatic N) is 1. The molecule has 1 aliphatic rings.